The minimum Gasteiger partial charge on any atom is -0.508 e. The first kappa shape index (κ1) is 26.9. The van der Waals surface area contributed by atoms with Gasteiger partial charge in [-0.25, -0.2) is 4.98 Å². The molecule has 196 valence electrons. The zero-order chi connectivity index (χ0) is 26.9. The van der Waals surface area contributed by atoms with Crippen molar-refractivity contribution in [3.63, 3.8) is 0 Å². The maximum absolute atomic E-state index is 12.7. The number of nitrogens with two attached hydrogens (primary N) is 1. The average Bonchev–Trinajstić information content (AvgIpc) is 2.92. The molecule has 0 bridgehead atoms. The van der Waals surface area contributed by atoms with Gasteiger partial charge in [0.2, 0.25) is 5.91 Å². The Bertz CT molecular complexity index is 1340. The molecule has 6 N–H and O–H groups in total. The van der Waals surface area contributed by atoms with Crippen LogP contribution in [0, 0.1) is 0 Å². The number of pyridine rings is 1. The molecule has 7 nitrogen and oxygen atoms in total. The number of phenolic OH excluding ortho intramolecular Hbond substituents is 1. The van der Waals surface area contributed by atoms with E-state index >= 15 is 0 Å². The van der Waals surface area contributed by atoms with Crippen molar-refractivity contribution in [2.75, 3.05) is 12.3 Å². The number of carbonyl (C=O) groups is 1. The summed E-state index contributed by atoms with van der Waals surface area (Å²) in [5.41, 5.74) is 11.5. The third kappa shape index (κ3) is 7.90. The second kappa shape index (κ2) is 12.9. The van der Waals surface area contributed by atoms with Gasteiger partial charge in [0.1, 0.15) is 11.6 Å². The molecule has 4 rings (SSSR count). The fraction of sp³-hybridized carbons (Fsp3) is 0.226. The van der Waals surface area contributed by atoms with Crippen molar-refractivity contribution in [1.82, 2.24) is 15.6 Å². The van der Waals surface area contributed by atoms with Crippen LogP contribution in [0.2, 0.25) is 0 Å². The number of nitrogens with one attached hydrogen (secondary N) is 2. The maximum Gasteiger partial charge on any atom is 0.224 e. The molecular formula is C31H34N4O3. The molecule has 2 atom stereocenters. The zero-order valence-corrected chi connectivity index (χ0v) is 21.5. The van der Waals surface area contributed by atoms with Crippen molar-refractivity contribution in [1.29, 1.82) is 0 Å². The molecule has 38 heavy (non-hydrogen) atoms. The third-order valence-corrected chi connectivity index (χ3v) is 6.37. The van der Waals surface area contributed by atoms with Gasteiger partial charge in [-0.2, -0.15) is 0 Å². The topological polar surface area (TPSA) is 120 Å². The molecule has 0 unspecified atom stereocenters. The van der Waals surface area contributed by atoms with Gasteiger partial charge in [0.15, 0.2) is 0 Å². The second-order valence-corrected chi connectivity index (χ2v) is 9.57. The fourth-order valence-electron chi connectivity index (χ4n) is 4.30. The number of hydrogen-bond acceptors (Lipinski definition) is 6. The summed E-state index contributed by atoms with van der Waals surface area (Å²) in [6, 6.07) is 26.7. The molecule has 0 aliphatic carbocycles. The van der Waals surface area contributed by atoms with Crippen molar-refractivity contribution >= 4 is 11.7 Å². The number of carbonyl (C=O) groups excluding carboxylic acids is 1. The summed E-state index contributed by atoms with van der Waals surface area (Å²) in [5.74, 6) is 0.622. The summed E-state index contributed by atoms with van der Waals surface area (Å²) in [5, 5.41) is 26.3. The summed E-state index contributed by atoms with van der Waals surface area (Å²) in [6.07, 6.45) is 2.00. The van der Waals surface area contributed by atoms with Crippen LogP contribution in [0.5, 0.6) is 5.75 Å². The standard InChI is InChI=1S/C31H34N4O3/c1-21(33-20-29(37)27-10-13-30(32)34-19-27)14-22-4-2-5-23(15-22)17-31(38)35-18-24-6-3-7-26(16-24)25-8-11-28(36)12-9-25/h2-13,15-16,19,21,29,33,36-37H,14,17-18,20H2,1H3,(H2,32,34)(H,35,38)/t21-,29-/m1/s1. The van der Waals surface area contributed by atoms with Crippen LogP contribution in [-0.2, 0) is 24.2 Å². The molecule has 0 spiro atoms. The van der Waals surface area contributed by atoms with E-state index in [1.54, 1.807) is 30.5 Å². The minimum absolute atomic E-state index is 0.0383. The molecule has 0 fully saturated rings. The van der Waals surface area contributed by atoms with Crippen molar-refractivity contribution in [3.05, 3.63) is 113 Å². The lowest BCUT2D eigenvalue weighted by molar-refractivity contribution is -0.120. The number of aromatic nitrogens is 1. The highest BCUT2D eigenvalue weighted by Crippen LogP contribution is 2.23. The van der Waals surface area contributed by atoms with E-state index in [0.29, 0.717) is 25.3 Å². The first-order chi connectivity index (χ1) is 18.4. The Labute approximate surface area is 223 Å². The van der Waals surface area contributed by atoms with Crippen molar-refractivity contribution in [2.24, 2.45) is 0 Å². The van der Waals surface area contributed by atoms with Crippen molar-refractivity contribution in [2.45, 2.75) is 38.5 Å². The van der Waals surface area contributed by atoms with Gasteiger partial charge in [0, 0.05) is 30.9 Å². The largest absolute Gasteiger partial charge is 0.508 e. The van der Waals surface area contributed by atoms with E-state index in [9.17, 15) is 15.0 Å². The van der Waals surface area contributed by atoms with Gasteiger partial charge < -0.3 is 26.6 Å². The number of nitrogen functional groups attached to an aromatic ring is 1. The van der Waals surface area contributed by atoms with Crippen LogP contribution in [-0.4, -0.2) is 33.7 Å². The fourth-order valence-corrected chi connectivity index (χ4v) is 4.30. The van der Waals surface area contributed by atoms with E-state index in [1.165, 1.54) is 0 Å². The Balaban J connectivity index is 1.25. The molecule has 0 radical (unpaired) electrons. The van der Waals surface area contributed by atoms with Gasteiger partial charge >= 0.3 is 0 Å². The number of anilines is 1. The van der Waals surface area contributed by atoms with Crippen LogP contribution < -0.4 is 16.4 Å². The number of hydrogen-bond donors (Lipinski definition) is 5. The smallest absolute Gasteiger partial charge is 0.224 e. The molecule has 1 heterocycles. The number of rotatable bonds is 11. The number of aromatic hydroxyl groups is 1. The van der Waals surface area contributed by atoms with Crippen LogP contribution in [0.1, 0.15) is 35.3 Å². The lowest BCUT2D eigenvalue weighted by Gasteiger charge is -2.18. The van der Waals surface area contributed by atoms with Crippen LogP contribution in [0.4, 0.5) is 5.82 Å². The summed E-state index contributed by atoms with van der Waals surface area (Å²) in [4.78, 5) is 16.7. The highest BCUT2D eigenvalue weighted by Gasteiger charge is 2.11. The van der Waals surface area contributed by atoms with E-state index in [0.717, 1.165) is 39.8 Å². The predicted octanol–water partition coefficient (Wildman–Crippen LogP) is 4.15. The minimum atomic E-state index is -0.664. The Kier molecular flexibility index (Phi) is 9.08. The average molecular weight is 511 g/mol. The molecule has 0 saturated heterocycles. The first-order valence-corrected chi connectivity index (χ1v) is 12.7. The summed E-state index contributed by atoms with van der Waals surface area (Å²) < 4.78 is 0. The molecule has 7 heteroatoms. The highest BCUT2D eigenvalue weighted by molar-refractivity contribution is 5.78. The molecule has 4 aromatic rings. The van der Waals surface area contributed by atoms with Crippen LogP contribution in [0.25, 0.3) is 11.1 Å². The van der Waals surface area contributed by atoms with E-state index in [4.69, 9.17) is 5.73 Å². The summed E-state index contributed by atoms with van der Waals surface area (Å²) in [7, 11) is 0. The van der Waals surface area contributed by atoms with Gasteiger partial charge in [-0.05, 0) is 65.4 Å². The van der Waals surface area contributed by atoms with Gasteiger partial charge in [0.25, 0.3) is 0 Å². The molecule has 3 aromatic carbocycles. The van der Waals surface area contributed by atoms with Crippen molar-refractivity contribution < 1.29 is 15.0 Å². The quantitative estimate of drug-likeness (QED) is 0.207. The van der Waals surface area contributed by atoms with Gasteiger partial charge in [-0.1, -0.05) is 60.7 Å². The lowest BCUT2D eigenvalue weighted by Crippen LogP contribution is -2.32. The number of nitrogens with zero attached hydrogens (tertiary/aromatic N) is 1. The number of aliphatic hydroxyl groups excluding tert-OH is 1. The number of amides is 1. The monoisotopic (exact) mass is 510 g/mol. The lowest BCUT2D eigenvalue weighted by atomic mass is 10.0. The molecule has 1 aromatic heterocycles. The van der Waals surface area contributed by atoms with Gasteiger partial charge in [0.05, 0.1) is 12.5 Å². The zero-order valence-electron chi connectivity index (χ0n) is 21.5. The Morgan fingerprint density at radius 1 is 0.921 bits per heavy atom. The first-order valence-electron chi connectivity index (χ1n) is 12.7. The number of benzene rings is 3. The number of phenols is 1. The highest BCUT2D eigenvalue weighted by atomic mass is 16.3. The Morgan fingerprint density at radius 3 is 2.42 bits per heavy atom. The van der Waals surface area contributed by atoms with E-state index in [1.807, 2.05) is 48.5 Å². The molecule has 1 amide bonds. The SMILES string of the molecule is C[C@H](Cc1cccc(CC(=O)NCc2cccc(-c3ccc(O)cc3)c2)c1)NC[C@@H](O)c1ccc(N)nc1. The summed E-state index contributed by atoms with van der Waals surface area (Å²) in [6.45, 7) is 2.92. The predicted molar refractivity (Wildman–Crippen MR) is 150 cm³/mol. The second-order valence-electron chi connectivity index (χ2n) is 9.57. The van der Waals surface area contributed by atoms with Crippen molar-refractivity contribution in [3.8, 4) is 16.9 Å². The maximum atomic E-state index is 12.7. The third-order valence-electron chi connectivity index (χ3n) is 6.37. The molecule has 0 aliphatic rings. The van der Waals surface area contributed by atoms with E-state index < -0.39 is 6.10 Å². The van der Waals surface area contributed by atoms with Gasteiger partial charge in [-0.15, -0.1) is 0 Å². The van der Waals surface area contributed by atoms with Crippen LogP contribution in [0.3, 0.4) is 0 Å². The van der Waals surface area contributed by atoms with Crippen LogP contribution in [0.15, 0.2) is 91.1 Å². The van der Waals surface area contributed by atoms with Crippen LogP contribution >= 0.6 is 0 Å². The van der Waals surface area contributed by atoms with E-state index in [2.05, 4.69) is 34.7 Å². The molecule has 0 aliphatic heterocycles. The normalized spacial score (nSPS) is 12.6. The number of aliphatic hydroxyl groups is 1. The Hall–Kier alpha value is -4.20. The summed E-state index contributed by atoms with van der Waals surface area (Å²) >= 11 is 0. The molecular weight excluding hydrogens is 476 g/mol. The van der Waals surface area contributed by atoms with E-state index in [-0.39, 0.29) is 17.7 Å². The Morgan fingerprint density at radius 2 is 1.66 bits per heavy atom. The van der Waals surface area contributed by atoms with Gasteiger partial charge in [-0.3, -0.25) is 4.79 Å². The molecule has 0 saturated carbocycles.